The van der Waals surface area contributed by atoms with E-state index in [1.807, 2.05) is 66.7 Å². The lowest BCUT2D eigenvalue weighted by Crippen LogP contribution is -2.44. The van der Waals surface area contributed by atoms with Crippen LogP contribution in [0.1, 0.15) is 30.9 Å². The highest BCUT2D eigenvalue weighted by Crippen LogP contribution is 2.03. The van der Waals surface area contributed by atoms with Crippen LogP contribution in [0.2, 0.25) is 0 Å². The van der Waals surface area contributed by atoms with Crippen LogP contribution in [0, 0.1) is 0 Å². The van der Waals surface area contributed by atoms with Gasteiger partial charge in [-0.3, -0.25) is 9.59 Å². The van der Waals surface area contributed by atoms with Gasteiger partial charge in [-0.15, -0.1) is 0 Å². The van der Waals surface area contributed by atoms with Gasteiger partial charge in [0, 0.05) is 14.0 Å². The topological polar surface area (TPSA) is 70.4 Å². The molecule has 0 unspecified atom stereocenters. The lowest BCUT2D eigenvalue weighted by molar-refractivity contribution is -0.141. The summed E-state index contributed by atoms with van der Waals surface area (Å²) in [6, 6.07) is 19.3. The number of benzene rings is 2. The number of rotatable bonds is 8. The van der Waals surface area contributed by atoms with Crippen molar-refractivity contribution >= 4 is 18.1 Å². The number of esters is 1. The van der Waals surface area contributed by atoms with Gasteiger partial charge in [-0.25, -0.2) is 4.98 Å². The van der Waals surface area contributed by atoms with Crippen molar-refractivity contribution in [2.75, 3.05) is 13.2 Å². The number of unbranched alkanes of at least 4 members (excludes halogenated alkanes) is 1. The van der Waals surface area contributed by atoms with Gasteiger partial charge in [0.05, 0.1) is 13.2 Å². The zero-order chi connectivity index (χ0) is 22.1. The van der Waals surface area contributed by atoms with Crippen LogP contribution in [-0.4, -0.2) is 28.7 Å². The fourth-order valence-electron chi connectivity index (χ4n) is 3.00. The molecule has 0 saturated heterocycles. The summed E-state index contributed by atoms with van der Waals surface area (Å²) < 4.78 is 12.5. The van der Waals surface area contributed by atoms with Gasteiger partial charge in [0.15, 0.2) is 0 Å². The Hall–Kier alpha value is -3.67. The van der Waals surface area contributed by atoms with E-state index in [9.17, 15) is 9.59 Å². The molecule has 6 nitrogen and oxygen atoms in total. The first-order valence-corrected chi connectivity index (χ1v) is 10.2. The second-order valence-corrected chi connectivity index (χ2v) is 7.06. The molecule has 0 fully saturated rings. The van der Waals surface area contributed by atoms with E-state index >= 15 is 0 Å². The second kappa shape index (κ2) is 10.9. The van der Waals surface area contributed by atoms with Gasteiger partial charge in [0.25, 0.3) is 5.56 Å². The molecule has 0 radical (unpaired) electrons. The molecule has 0 saturated carbocycles. The predicted octanol–water partition coefficient (Wildman–Crippen LogP) is 2.16. The molecule has 0 spiro atoms. The Kier molecular flexibility index (Phi) is 7.76. The van der Waals surface area contributed by atoms with Crippen molar-refractivity contribution in [2.45, 2.75) is 19.8 Å². The van der Waals surface area contributed by atoms with Crippen molar-refractivity contribution in [3.63, 3.8) is 0 Å². The second-order valence-electron chi connectivity index (χ2n) is 7.06. The van der Waals surface area contributed by atoms with Gasteiger partial charge >= 0.3 is 5.97 Å². The first-order valence-electron chi connectivity index (χ1n) is 10.2. The number of ether oxygens (including phenoxy) is 2. The average Bonchev–Trinajstić information content (AvgIpc) is 2.78. The van der Waals surface area contributed by atoms with E-state index in [1.54, 1.807) is 17.7 Å². The van der Waals surface area contributed by atoms with Gasteiger partial charge in [-0.1, -0.05) is 60.7 Å². The lowest BCUT2D eigenvalue weighted by atomic mass is 10.2. The molecule has 3 aromatic rings. The first-order chi connectivity index (χ1) is 15.0. The Balaban J connectivity index is 1.96. The molecule has 3 rings (SSSR count). The third-order valence-corrected chi connectivity index (χ3v) is 4.61. The Labute approximate surface area is 181 Å². The Morgan fingerprint density at radius 1 is 0.935 bits per heavy atom. The molecule has 0 bridgehead atoms. The Bertz CT molecular complexity index is 1190. The van der Waals surface area contributed by atoms with E-state index in [1.165, 1.54) is 6.92 Å². The molecule has 1 aromatic heterocycles. The molecule has 0 aliphatic carbocycles. The number of carbonyl (C=O) groups is 1. The standard InChI is InChI=1S/C25H26N2O4/c1-19(28)30-15-9-10-16-31-24-23(18-21-13-7-4-8-14-21)27(2)25(29)22(26-24)17-20-11-5-3-6-12-20/h3-8,11-14,17-18H,9-10,15-16H2,1-2H3/b22-17-,23-18-. The van der Waals surface area contributed by atoms with Crippen LogP contribution >= 0.6 is 0 Å². The molecule has 1 heterocycles. The molecule has 0 N–H and O–H groups in total. The van der Waals surface area contributed by atoms with Gasteiger partial charge in [-0.2, -0.15) is 0 Å². The summed E-state index contributed by atoms with van der Waals surface area (Å²) in [5.41, 5.74) is 1.63. The summed E-state index contributed by atoms with van der Waals surface area (Å²) in [5.74, 6) is 0.0992. The van der Waals surface area contributed by atoms with E-state index in [0.717, 1.165) is 11.1 Å². The molecule has 0 amide bonds. The zero-order valence-corrected chi connectivity index (χ0v) is 17.8. The van der Waals surface area contributed by atoms with E-state index in [4.69, 9.17) is 9.47 Å². The summed E-state index contributed by atoms with van der Waals surface area (Å²) in [4.78, 5) is 28.4. The number of carbonyl (C=O) groups excluding carboxylic acids is 1. The van der Waals surface area contributed by atoms with Crippen molar-refractivity contribution in [1.29, 1.82) is 0 Å². The average molecular weight is 418 g/mol. The van der Waals surface area contributed by atoms with Gasteiger partial charge in [0.1, 0.15) is 10.7 Å². The van der Waals surface area contributed by atoms with Gasteiger partial charge in [0.2, 0.25) is 5.88 Å². The quantitative estimate of drug-likeness (QED) is 0.414. The maximum atomic E-state index is 13.0. The van der Waals surface area contributed by atoms with E-state index in [0.29, 0.717) is 42.6 Å². The smallest absolute Gasteiger partial charge is 0.302 e. The summed E-state index contributed by atoms with van der Waals surface area (Å²) in [6.45, 7) is 2.14. The van der Waals surface area contributed by atoms with Gasteiger partial charge < -0.3 is 14.0 Å². The van der Waals surface area contributed by atoms with Crippen LogP contribution in [0.3, 0.4) is 0 Å². The largest absolute Gasteiger partial charge is 0.476 e. The van der Waals surface area contributed by atoms with Crippen molar-refractivity contribution < 1.29 is 14.3 Å². The minimum absolute atomic E-state index is 0.201. The number of aromatic nitrogens is 2. The first kappa shape index (κ1) is 22.0. The molecule has 0 aliphatic heterocycles. The van der Waals surface area contributed by atoms with E-state index in [-0.39, 0.29) is 11.5 Å². The third-order valence-electron chi connectivity index (χ3n) is 4.61. The molecular weight excluding hydrogens is 392 g/mol. The highest BCUT2D eigenvalue weighted by Gasteiger charge is 2.08. The molecular formula is C25H26N2O4. The number of hydrogen-bond acceptors (Lipinski definition) is 5. The van der Waals surface area contributed by atoms with E-state index < -0.39 is 0 Å². The van der Waals surface area contributed by atoms with Crippen LogP contribution in [0.15, 0.2) is 65.5 Å². The number of hydrogen-bond donors (Lipinski definition) is 0. The molecule has 31 heavy (non-hydrogen) atoms. The fraction of sp³-hybridized carbons (Fsp3) is 0.240. The Morgan fingerprint density at radius 3 is 2.13 bits per heavy atom. The van der Waals surface area contributed by atoms with Crippen LogP contribution in [-0.2, 0) is 16.6 Å². The minimum Gasteiger partial charge on any atom is -0.476 e. The summed E-state index contributed by atoms with van der Waals surface area (Å²) in [5, 5.41) is 0.912. The molecule has 2 aromatic carbocycles. The summed E-state index contributed by atoms with van der Waals surface area (Å²) in [6.07, 6.45) is 5.02. The van der Waals surface area contributed by atoms with Crippen molar-refractivity contribution in [1.82, 2.24) is 9.55 Å². The fourth-order valence-corrected chi connectivity index (χ4v) is 3.00. The normalized spacial score (nSPS) is 12.1. The summed E-state index contributed by atoms with van der Waals surface area (Å²) >= 11 is 0. The van der Waals surface area contributed by atoms with Crippen LogP contribution in [0.4, 0.5) is 0 Å². The maximum absolute atomic E-state index is 13.0. The van der Waals surface area contributed by atoms with Gasteiger partial charge in [-0.05, 0) is 36.1 Å². The molecule has 6 heteroatoms. The highest BCUT2D eigenvalue weighted by atomic mass is 16.5. The maximum Gasteiger partial charge on any atom is 0.302 e. The van der Waals surface area contributed by atoms with Crippen molar-refractivity contribution in [3.05, 3.63) is 92.8 Å². The molecule has 160 valence electrons. The minimum atomic E-state index is -0.290. The van der Waals surface area contributed by atoms with Crippen LogP contribution < -0.4 is 21.0 Å². The third kappa shape index (κ3) is 6.40. The van der Waals surface area contributed by atoms with Crippen molar-refractivity contribution in [3.8, 4) is 5.88 Å². The van der Waals surface area contributed by atoms with Crippen LogP contribution in [0.25, 0.3) is 12.2 Å². The zero-order valence-electron chi connectivity index (χ0n) is 17.8. The molecule has 0 atom stereocenters. The number of nitrogens with zero attached hydrogens (tertiary/aromatic N) is 2. The lowest BCUT2D eigenvalue weighted by Gasteiger charge is -2.09. The SMILES string of the molecule is CC(=O)OCCCCOc1n/c(=C\c2ccccc2)c(=O)n(C)/c1=C\c1ccccc1. The van der Waals surface area contributed by atoms with Crippen molar-refractivity contribution in [2.24, 2.45) is 7.05 Å². The monoisotopic (exact) mass is 418 g/mol. The van der Waals surface area contributed by atoms with Crippen LogP contribution in [0.5, 0.6) is 5.88 Å². The molecule has 0 aliphatic rings. The Morgan fingerprint density at radius 2 is 1.52 bits per heavy atom. The highest BCUT2D eigenvalue weighted by molar-refractivity contribution is 5.65. The predicted molar refractivity (Wildman–Crippen MR) is 120 cm³/mol. The van der Waals surface area contributed by atoms with E-state index in [2.05, 4.69) is 4.98 Å². The summed E-state index contributed by atoms with van der Waals surface area (Å²) in [7, 11) is 1.72.